The summed E-state index contributed by atoms with van der Waals surface area (Å²) in [6.45, 7) is 0. The van der Waals surface area contributed by atoms with Crippen molar-refractivity contribution < 1.29 is 36.6 Å². The van der Waals surface area contributed by atoms with Gasteiger partial charge in [-0.1, -0.05) is 18.2 Å². The minimum Gasteiger partial charge on any atom is -0.493 e. The van der Waals surface area contributed by atoms with Gasteiger partial charge in [0.15, 0.2) is 16.6 Å². The zero-order valence-corrected chi connectivity index (χ0v) is 21.4. The van der Waals surface area contributed by atoms with Gasteiger partial charge in [0.2, 0.25) is 5.91 Å². The number of halogens is 4. The zero-order chi connectivity index (χ0) is 28.2. The van der Waals surface area contributed by atoms with E-state index in [-0.39, 0.29) is 28.5 Å². The van der Waals surface area contributed by atoms with Gasteiger partial charge >= 0.3 is 6.18 Å². The molecule has 4 aromatic rings. The number of ether oxygens (including phenoxy) is 3. The second-order valence-corrected chi connectivity index (χ2v) is 8.56. The van der Waals surface area contributed by atoms with E-state index >= 15 is 0 Å². The number of alkyl halides is 3. The number of fused-ring (bicyclic) bond motifs is 1. The predicted molar refractivity (Wildman–Crippen MR) is 141 cm³/mol. The van der Waals surface area contributed by atoms with Crippen LogP contribution in [0.3, 0.4) is 0 Å². The van der Waals surface area contributed by atoms with Crippen LogP contribution in [0.25, 0.3) is 10.9 Å². The molecule has 0 unspecified atom stereocenters. The van der Waals surface area contributed by atoms with Gasteiger partial charge in [0.1, 0.15) is 17.3 Å². The molecule has 2 N–H and O–H groups in total. The van der Waals surface area contributed by atoms with Crippen molar-refractivity contribution in [3.63, 3.8) is 0 Å². The Kier molecular flexibility index (Phi) is 8.15. The van der Waals surface area contributed by atoms with Gasteiger partial charge in [-0.05, 0) is 48.1 Å². The molecular formula is C27H21F4N3O4S. The van der Waals surface area contributed by atoms with Crippen LogP contribution in [-0.4, -0.2) is 30.2 Å². The lowest BCUT2D eigenvalue weighted by atomic mass is 10.1. The number of benzene rings is 3. The van der Waals surface area contributed by atoms with E-state index in [1.807, 2.05) is 0 Å². The zero-order valence-electron chi connectivity index (χ0n) is 20.6. The van der Waals surface area contributed by atoms with Gasteiger partial charge in [-0.3, -0.25) is 9.78 Å². The van der Waals surface area contributed by atoms with E-state index in [0.717, 1.165) is 18.2 Å². The van der Waals surface area contributed by atoms with Crippen LogP contribution in [0.1, 0.15) is 11.1 Å². The minimum absolute atomic E-state index is 0.0438. The van der Waals surface area contributed by atoms with Crippen molar-refractivity contribution in [2.75, 3.05) is 19.5 Å². The lowest BCUT2D eigenvalue weighted by Gasteiger charge is -2.14. The van der Waals surface area contributed by atoms with Crippen LogP contribution in [0, 0.1) is 5.82 Å². The van der Waals surface area contributed by atoms with Crippen molar-refractivity contribution >= 4 is 39.8 Å². The maximum Gasteiger partial charge on any atom is 0.416 e. The quantitative estimate of drug-likeness (QED) is 0.204. The lowest BCUT2D eigenvalue weighted by Crippen LogP contribution is -2.35. The molecule has 1 aromatic heterocycles. The second-order valence-electron chi connectivity index (χ2n) is 8.15. The lowest BCUT2D eigenvalue weighted by molar-refractivity contribution is -0.137. The Morgan fingerprint density at radius 2 is 1.72 bits per heavy atom. The highest BCUT2D eigenvalue weighted by molar-refractivity contribution is 7.80. The Labute approximate surface area is 225 Å². The number of carbonyl (C=O) groups is 1. The van der Waals surface area contributed by atoms with Crippen LogP contribution < -0.4 is 24.8 Å². The average Bonchev–Trinajstić information content (AvgIpc) is 2.89. The summed E-state index contributed by atoms with van der Waals surface area (Å²) < 4.78 is 70.0. The van der Waals surface area contributed by atoms with E-state index in [2.05, 4.69) is 15.6 Å². The van der Waals surface area contributed by atoms with Crippen molar-refractivity contribution in [1.29, 1.82) is 0 Å². The number of aromatic nitrogens is 1. The minimum atomic E-state index is -4.53. The Bertz CT molecular complexity index is 1550. The number of anilines is 1. The van der Waals surface area contributed by atoms with Crippen molar-refractivity contribution in [3.05, 3.63) is 83.8 Å². The number of thiocarbonyl (C=S) groups is 1. The first-order valence-electron chi connectivity index (χ1n) is 11.3. The van der Waals surface area contributed by atoms with Gasteiger partial charge in [0.25, 0.3) is 0 Å². The molecule has 0 saturated carbocycles. The first-order valence-corrected chi connectivity index (χ1v) is 11.7. The normalized spacial score (nSPS) is 11.1. The standard InChI is InChI=1S/C27H21F4N3O4S/c1-36-23-13-18-21(14-24(23)37-2)32-9-8-22(18)38-17-6-7-20(19(28)12-17)33-26(39)34-25(35)11-15-4-3-5-16(10-15)27(29,30)31/h3-10,12-14H,11H2,1-2H3,(H2,33,34,35,39). The summed E-state index contributed by atoms with van der Waals surface area (Å²) in [6.07, 6.45) is -3.34. The molecule has 1 amide bonds. The molecule has 0 aliphatic carbocycles. The summed E-state index contributed by atoms with van der Waals surface area (Å²) in [6, 6.07) is 13.4. The maximum absolute atomic E-state index is 14.8. The van der Waals surface area contributed by atoms with Gasteiger partial charge in [-0.25, -0.2) is 4.39 Å². The summed E-state index contributed by atoms with van der Waals surface area (Å²) >= 11 is 5.06. The first kappa shape index (κ1) is 27.6. The number of pyridine rings is 1. The summed E-state index contributed by atoms with van der Waals surface area (Å²) in [5.74, 6) is 0.160. The summed E-state index contributed by atoms with van der Waals surface area (Å²) in [5, 5.41) is 5.28. The number of rotatable bonds is 7. The highest BCUT2D eigenvalue weighted by Gasteiger charge is 2.30. The van der Waals surface area contributed by atoms with Crippen molar-refractivity contribution in [1.82, 2.24) is 10.3 Å². The molecule has 0 spiro atoms. The van der Waals surface area contributed by atoms with Gasteiger partial charge < -0.3 is 24.8 Å². The topological polar surface area (TPSA) is 81.7 Å². The molecule has 0 fully saturated rings. The number of carbonyl (C=O) groups excluding carboxylic acids is 1. The van der Waals surface area contributed by atoms with Crippen molar-refractivity contribution in [2.45, 2.75) is 12.6 Å². The second kappa shape index (κ2) is 11.5. The fourth-order valence-corrected chi connectivity index (χ4v) is 3.92. The van der Waals surface area contributed by atoms with E-state index in [9.17, 15) is 22.4 Å². The first-order chi connectivity index (χ1) is 18.6. The number of nitrogens with zero attached hydrogens (tertiary/aromatic N) is 1. The van der Waals surface area contributed by atoms with Crippen LogP contribution in [-0.2, 0) is 17.4 Å². The number of hydrogen-bond acceptors (Lipinski definition) is 6. The summed E-state index contributed by atoms with van der Waals surface area (Å²) in [7, 11) is 3.01. The molecule has 7 nitrogen and oxygen atoms in total. The largest absolute Gasteiger partial charge is 0.493 e. The number of nitrogens with one attached hydrogen (secondary N) is 2. The molecule has 202 valence electrons. The number of methoxy groups -OCH3 is 2. The molecule has 0 bridgehead atoms. The van der Waals surface area contributed by atoms with Crippen LogP contribution in [0.2, 0.25) is 0 Å². The summed E-state index contributed by atoms with van der Waals surface area (Å²) in [4.78, 5) is 16.6. The third kappa shape index (κ3) is 6.71. The smallest absolute Gasteiger partial charge is 0.416 e. The van der Waals surface area contributed by atoms with Gasteiger partial charge in [-0.15, -0.1) is 0 Å². The molecule has 39 heavy (non-hydrogen) atoms. The third-order valence-corrected chi connectivity index (χ3v) is 5.70. The third-order valence-electron chi connectivity index (χ3n) is 5.50. The van der Waals surface area contributed by atoms with E-state index in [0.29, 0.717) is 28.2 Å². The SMILES string of the molecule is COc1cc2nccc(Oc3ccc(NC(=S)NC(=O)Cc4cccc(C(F)(F)F)c4)c(F)c3)c2cc1OC. The highest BCUT2D eigenvalue weighted by atomic mass is 32.1. The van der Waals surface area contributed by atoms with E-state index in [1.54, 1.807) is 18.2 Å². The molecule has 1 heterocycles. The van der Waals surface area contributed by atoms with Crippen LogP contribution in [0.5, 0.6) is 23.0 Å². The summed E-state index contributed by atoms with van der Waals surface area (Å²) in [5.41, 5.74) is -0.179. The fourth-order valence-electron chi connectivity index (χ4n) is 3.69. The molecule has 0 radical (unpaired) electrons. The van der Waals surface area contributed by atoms with E-state index < -0.39 is 23.5 Å². The van der Waals surface area contributed by atoms with E-state index in [1.165, 1.54) is 44.7 Å². The molecule has 4 rings (SSSR count). The van der Waals surface area contributed by atoms with Crippen LogP contribution in [0.4, 0.5) is 23.2 Å². The molecule has 0 atom stereocenters. The Morgan fingerprint density at radius 1 is 0.974 bits per heavy atom. The van der Waals surface area contributed by atoms with Crippen molar-refractivity contribution in [3.8, 4) is 23.0 Å². The number of hydrogen-bond donors (Lipinski definition) is 2. The van der Waals surface area contributed by atoms with E-state index in [4.69, 9.17) is 26.4 Å². The molecule has 0 aliphatic heterocycles. The molecular weight excluding hydrogens is 538 g/mol. The Morgan fingerprint density at radius 3 is 2.41 bits per heavy atom. The van der Waals surface area contributed by atoms with Gasteiger partial charge in [0, 0.05) is 23.7 Å². The number of amides is 1. The maximum atomic E-state index is 14.8. The Balaban J connectivity index is 1.42. The molecule has 0 aliphatic rings. The van der Waals surface area contributed by atoms with Gasteiger partial charge in [-0.2, -0.15) is 13.2 Å². The molecule has 12 heteroatoms. The van der Waals surface area contributed by atoms with Crippen molar-refractivity contribution in [2.24, 2.45) is 0 Å². The molecule has 0 saturated heterocycles. The Hall–Kier alpha value is -4.45. The fraction of sp³-hybridized carbons (Fsp3) is 0.148. The molecule has 3 aromatic carbocycles. The average molecular weight is 560 g/mol. The van der Waals surface area contributed by atoms with Crippen LogP contribution >= 0.6 is 12.2 Å². The van der Waals surface area contributed by atoms with Crippen LogP contribution in [0.15, 0.2) is 66.9 Å². The highest BCUT2D eigenvalue weighted by Crippen LogP contribution is 2.37. The van der Waals surface area contributed by atoms with Gasteiger partial charge in [0.05, 0.1) is 37.4 Å². The monoisotopic (exact) mass is 559 g/mol. The predicted octanol–water partition coefficient (Wildman–Crippen LogP) is 6.26.